The Morgan fingerprint density at radius 1 is 1.17 bits per heavy atom. The summed E-state index contributed by atoms with van der Waals surface area (Å²) in [4.78, 5) is 80.2. The number of nitrogens with zero attached hydrogens (tertiary/aromatic N) is 3. The molecule has 2 fully saturated rings. The van der Waals surface area contributed by atoms with E-state index in [0.717, 1.165) is 24.3 Å². The van der Waals surface area contributed by atoms with Gasteiger partial charge in [0.2, 0.25) is 18.0 Å². The monoisotopic (exact) mass is 752 g/mol. The average molecular weight is 753 g/mol. The maximum absolute atomic E-state index is 14.4. The molecule has 5 atom stereocenters. The smallest absolute Gasteiger partial charge is 0.451 e. The quantitative estimate of drug-likeness (QED) is 0.180. The molecule has 0 radical (unpaired) electrons. The van der Waals surface area contributed by atoms with Crippen LogP contribution < -0.4 is 15.5 Å². The molecule has 1 aromatic heterocycles. The van der Waals surface area contributed by atoms with Crippen LogP contribution in [0.25, 0.3) is 0 Å². The fraction of sp³-hybridized carbons (Fsp3) is 0.545. The van der Waals surface area contributed by atoms with E-state index < -0.39 is 91.2 Å². The molecule has 4 aliphatic rings. The summed E-state index contributed by atoms with van der Waals surface area (Å²) >= 11 is 0. The molecule has 1 spiro atoms. The number of benzene rings is 1. The van der Waals surface area contributed by atoms with Gasteiger partial charge in [0.05, 0.1) is 18.4 Å². The highest BCUT2D eigenvalue weighted by Crippen LogP contribution is 2.46. The van der Waals surface area contributed by atoms with Gasteiger partial charge in [-0.25, -0.2) is 18.1 Å². The van der Waals surface area contributed by atoms with Gasteiger partial charge in [0.15, 0.2) is 11.3 Å². The molecule has 4 heterocycles. The van der Waals surface area contributed by atoms with Crippen molar-refractivity contribution in [2.24, 2.45) is 11.1 Å². The van der Waals surface area contributed by atoms with E-state index in [4.69, 9.17) is 28.8 Å². The first-order chi connectivity index (χ1) is 24.7. The highest BCUT2D eigenvalue weighted by atomic mass is 31.2. The largest absolute Gasteiger partial charge is 0.511 e. The lowest BCUT2D eigenvalue weighted by atomic mass is 9.84. The molecule has 1 aromatic carbocycles. The molecule has 2 bridgehead atoms. The maximum Gasteiger partial charge on any atom is 0.511 e. The van der Waals surface area contributed by atoms with E-state index in [0.29, 0.717) is 44.6 Å². The third kappa shape index (κ3) is 7.84. The highest BCUT2D eigenvalue weighted by molar-refractivity contribution is 7.46. The molecule has 1 saturated carbocycles. The van der Waals surface area contributed by atoms with Gasteiger partial charge >= 0.3 is 14.0 Å². The van der Waals surface area contributed by atoms with Crippen LogP contribution in [0.5, 0.6) is 5.75 Å². The van der Waals surface area contributed by atoms with Crippen molar-refractivity contribution < 1.29 is 61.1 Å². The van der Waals surface area contributed by atoms with E-state index in [-0.39, 0.29) is 30.5 Å². The molecule has 6 rings (SSSR count). The summed E-state index contributed by atoms with van der Waals surface area (Å²) in [6.07, 6.45) is 2.97. The molecular formula is C33H39F2N4O12P. The first kappa shape index (κ1) is 37.4. The number of halogens is 2. The fourth-order valence-electron chi connectivity index (χ4n) is 7.35. The molecule has 282 valence electrons. The van der Waals surface area contributed by atoms with E-state index in [1.54, 1.807) is 11.8 Å². The molecule has 16 nitrogen and oxygen atoms in total. The lowest BCUT2D eigenvalue weighted by Crippen LogP contribution is -2.52. The lowest BCUT2D eigenvalue weighted by Gasteiger charge is -2.42. The van der Waals surface area contributed by atoms with Crippen LogP contribution in [0.2, 0.25) is 0 Å². The van der Waals surface area contributed by atoms with Crippen molar-refractivity contribution in [3.05, 3.63) is 63.1 Å². The van der Waals surface area contributed by atoms with Crippen LogP contribution >= 0.6 is 7.82 Å². The third-order valence-corrected chi connectivity index (χ3v) is 10.5. The summed E-state index contributed by atoms with van der Waals surface area (Å²) in [6, 6.07) is 1.93. The number of phosphoric acid groups is 1. The molecular weight excluding hydrogens is 713 g/mol. The second kappa shape index (κ2) is 14.9. The topological polar surface area (TPSA) is 205 Å². The van der Waals surface area contributed by atoms with Crippen LogP contribution in [0, 0.1) is 17.6 Å². The number of pyridine rings is 1. The second-order valence-electron chi connectivity index (χ2n) is 13.5. The van der Waals surface area contributed by atoms with Crippen LogP contribution in [0.1, 0.15) is 91.2 Å². The van der Waals surface area contributed by atoms with Gasteiger partial charge < -0.3 is 43.6 Å². The van der Waals surface area contributed by atoms with Gasteiger partial charge in [-0.05, 0) is 52.0 Å². The van der Waals surface area contributed by atoms with Crippen LogP contribution in [-0.4, -0.2) is 80.6 Å². The number of hydrogen-bond donors (Lipinski definition) is 3. The minimum Gasteiger partial charge on any atom is -0.451 e. The summed E-state index contributed by atoms with van der Waals surface area (Å²) in [5.41, 5.74) is -1.95. The van der Waals surface area contributed by atoms with Crippen molar-refractivity contribution in [2.45, 2.75) is 89.1 Å². The number of nitrogens with one attached hydrogen (secondary N) is 1. The van der Waals surface area contributed by atoms with Crippen molar-refractivity contribution in [1.29, 1.82) is 0 Å². The fourth-order valence-corrected chi connectivity index (χ4v) is 7.73. The van der Waals surface area contributed by atoms with Gasteiger partial charge in [-0.3, -0.25) is 18.9 Å². The number of carbonyl (C=O) groups excluding carboxylic acids is 3. The zero-order chi connectivity index (χ0) is 37.4. The van der Waals surface area contributed by atoms with E-state index >= 15 is 0 Å². The maximum atomic E-state index is 14.4. The van der Waals surface area contributed by atoms with E-state index in [2.05, 4.69) is 15.0 Å². The lowest BCUT2D eigenvalue weighted by molar-refractivity contribution is -0.0660. The normalized spacial score (nSPS) is 25.5. The number of rotatable bonds is 10. The summed E-state index contributed by atoms with van der Waals surface area (Å²) < 4.78 is 61.3. The molecule has 3 aliphatic heterocycles. The summed E-state index contributed by atoms with van der Waals surface area (Å²) in [5, 5.41) is 6.65. The van der Waals surface area contributed by atoms with E-state index in [1.165, 1.54) is 10.8 Å². The zero-order valence-electron chi connectivity index (χ0n) is 28.4. The molecule has 2 aromatic rings. The van der Waals surface area contributed by atoms with Crippen molar-refractivity contribution in [3.63, 3.8) is 0 Å². The number of carbonyl (C=O) groups is 3. The number of amides is 2. The van der Waals surface area contributed by atoms with Crippen molar-refractivity contribution in [3.8, 4) is 5.75 Å². The van der Waals surface area contributed by atoms with Gasteiger partial charge in [-0.15, -0.1) is 0 Å². The number of oxime groups is 1. The number of phosphoric ester groups is 1. The van der Waals surface area contributed by atoms with Gasteiger partial charge in [0, 0.05) is 49.3 Å². The summed E-state index contributed by atoms with van der Waals surface area (Å²) in [6.45, 7) is 2.17. The molecule has 52 heavy (non-hydrogen) atoms. The van der Waals surface area contributed by atoms with E-state index in [9.17, 15) is 32.5 Å². The summed E-state index contributed by atoms with van der Waals surface area (Å²) in [7, 11) is -4.75. The molecule has 1 aliphatic carbocycles. The zero-order valence-corrected chi connectivity index (χ0v) is 29.3. The van der Waals surface area contributed by atoms with Crippen molar-refractivity contribution >= 4 is 31.5 Å². The molecule has 2 amide bonds. The Kier molecular flexibility index (Phi) is 10.7. The second-order valence-corrected chi connectivity index (χ2v) is 14.8. The minimum atomic E-state index is -4.75. The minimum absolute atomic E-state index is 0.0424. The predicted molar refractivity (Wildman–Crippen MR) is 175 cm³/mol. The average Bonchev–Trinajstić information content (AvgIpc) is 3.42. The van der Waals surface area contributed by atoms with Gasteiger partial charge in [-0.1, -0.05) is 17.6 Å². The molecule has 19 heteroatoms. The van der Waals surface area contributed by atoms with Crippen molar-refractivity contribution in [1.82, 2.24) is 14.8 Å². The molecule has 0 unspecified atom stereocenters. The summed E-state index contributed by atoms with van der Waals surface area (Å²) in [5.74, 6) is -4.32. The third-order valence-electron chi connectivity index (χ3n) is 10.0. The Labute approximate surface area is 296 Å². The van der Waals surface area contributed by atoms with Gasteiger partial charge in [-0.2, -0.15) is 0 Å². The molecule has 3 N–H and O–H groups in total. The predicted octanol–water partition coefficient (Wildman–Crippen LogP) is 3.93. The van der Waals surface area contributed by atoms with Crippen LogP contribution in [0.15, 0.2) is 34.3 Å². The number of hydrogen-bond acceptors (Lipinski definition) is 11. The Hall–Kier alpha value is -4.38. The van der Waals surface area contributed by atoms with Gasteiger partial charge in [0.1, 0.15) is 23.3 Å². The molecule has 1 saturated heterocycles. The number of fused-ring (bicyclic) bond motifs is 5. The number of aromatic nitrogens is 1. The Morgan fingerprint density at radius 3 is 2.65 bits per heavy atom. The number of ether oxygens (including phenoxy) is 3. The first-order valence-electron chi connectivity index (χ1n) is 16.9. The Morgan fingerprint density at radius 2 is 1.94 bits per heavy atom. The Bertz CT molecular complexity index is 1890. The van der Waals surface area contributed by atoms with Crippen LogP contribution in [0.3, 0.4) is 0 Å². The standard InChI is InChI=1S/C33H39F2N4O12P/c1-18-12-33(51-37-18)10-9-19(2)38-15-26(33)39-14-23(30(41)36-13-20-7-8-22(34)11-24(20)35)28(40)29(27(39)31(38)42)47-17-48-32(43)50-25-6-4-3-5-21(25)16-49-52(44,45)46/h7-8,11,14,19,21,25-26H,3-6,9-10,12-13,15-17H2,1-2H3,(H,36,41)(H2,44,45,46)/t19-,21-,25-,26+,33-/m0/s1. The SMILES string of the molecule is CC1=NO[C@@]2(CC[C@H](C)N3C[C@H]2n2cc(C(=O)NCc4ccc(F)cc4F)c(=O)c(OCOC(=O)O[C@H]4CCCC[C@H]4COP(=O)(O)O)c2C3=O)C1. The first-order valence-corrected chi connectivity index (χ1v) is 18.4. The highest BCUT2D eigenvalue weighted by Gasteiger charge is 2.54. The van der Waals surface area contributed by atoms with E-state index in [1.807, 2.05) is 6.92 Å². The van der Waals surface area contributed by atoms with Crippen molar-refractivity contribution in [2.75, 3.05) is 19.9 Å². The van der Waals surface area contributed by atoms with Gasteiger partial charge in [0.25, 0.3) is 11.8 Å². The van der Waals surface area contributed by atoms with Crippen LogP contribution in [0.4, 0.5) is 13.6 Å². The Balaban J connectivity index is 1.29. The van der Waals surface area contributed by atoms with Crippen LogP contribution in [-0.2, 0) is 29.9 Å².